The lowest BCUT2D eigenvalue weighted by atomic mass is 10.3. The van der Waals surface area contributed by atoms with Gasteiger partial charge in [-0.15, -0.1) is 0 Å². The number of rotatable bonds is 3. The van der Waals surface area contributed by atoms with Crippen molar-refractivity contribution in [1.82, 2.24) is 0 Å². The molecule has 3 nitrogen and oxygen atoms in total. The highest BCUT2D eigenvalue weighted by Crippen LogP contribution is 2.26. The molecule has 0 spiro atoms. The van der Waals surface area contributed by atoms with Crippen LogP contribution in [0, 0.1) is 0 Å². The Balaban J connectivity index is 3.01. The van der Waals surface area contributed by atoms with Crippen LogP contribution in [0.4, 0.5) is 5.69 Å². The molecule has 12 heavy (non-hydrogen) atoms. The maximum absolute atomic E-state index is 5.08. The second-order valence-corrected chi connectivity index (χ2v) is 2.74. The van der Waals surface area contributed by atoms with Crippen LogP contribution in [-0.2, 0) is 0 Å². The molecule has 0 aliphatic rings. The zero-order valence-electron chi connectivity index (χ0n) is 6.93. The summed E-state index contributed by atoms with van der Waals surface area (Å²) in [6, 6.07) is 5.63. The Morgan fingerprint density at radius 1 is 1.08 bits per heavy atom. The maximum Gasteiger partial charge on any atom is 0.124 e. The molecule has 1 aromatic rings. The molecule has 0 saturated carbocycles. The molecule has 0 amide bonds. The summed E-state index contributed by atoms with van der Waals surface area (Å²) in [5, 5.41) is 0. The standard InChI is InChI=1S/C8H10INO2/c1-11-7-3-6(10-9)4-8(5-7)12-2/h3-5,10H,1-2H3. The van der Waals surface area contributed by atoms with Gasteiger partial charge in [0.2, 0.25) is 0 Å². The van der Waals surface area contributed by atoms with Crippen LogP contribution in [0.2, 0.25) is 0 Å². The summed E-state index contributed by atoms with van der Waals surface area (Å²) in [6.45, 7) is 0. The average Bonchev–Trinajstić information content (AvgIpc) is 2.16. The average molecular weight is 279 g/mol. The van der Waals surface area contributed by atoms with Gasteiger partial charge in [0.05, 0.1) is 42.8 Å². The number of benzene rings is 1. The molecule has 4 heteroatoms. The van der Waals surface area contributed by atoms with Gasteiger partial charge >= 0.3 is 0 Å². The first-order chi connectivity index (χ1) is 5.80. The van der Waals surface area contributed by atoms with Gasteiger partial charge in [-0.3, -0.25) is 0 Å². The summed E-state index contributed by atoms with van der Waals surface area (Å²) >= 11 is 2.06. The van der Waals surface area contributed by atoms with Gasteiger partial charge in [-0.05, 0) is 0 Å². The summed E-state index contributed by atoms with van der Waals surface area (Å²) < 4.78 is 13.1. The summed E-state index contributed by atoms with van der Waals surface area (Å²) in [7, 11) is 3.26. The van der Waals surface area contributed by atoms with Gasteiger partial charge in [0, 0.05) is 18.2 Å². The number of halogens is 1. The minimum Gasteiger partial charge on any atom is -0.497 e. The van der Waals surface area contributed by atoms with E-state index in [1.165, 1.54) is 0 Å². The lowest BCUT2D eigenvalue weighted by molar-refractivity contribution is 0.395. The van der Waals surface area contributed by atoms with Crippen LogP contribution in [0.1, 0.15) is 0 Å². The Hall–Kier alpha value is -0.650. The van der Waals surface area contributed by atoms with E-state index in [0.29, 0.717) is 0 Å². The molecule has 0 saturated heterocycles. The summed E-state index contributed by atoms with van der Waals surface area (Å²) in [6.07, 6.45) is 0. The van der Waals surface area contributed by atoms with E-state index in [1.54, 1.807) is 14.2 Å². The first kappa shape index (κ1) is 9.44. The smallest absolute Gasteiger partial charge is 0.124 e. The Morgan fingerprint density at radius 3 is 1.92 bits per heavy atom. The van der Waals surface area contributed by atoms with Gasteiger partial charge in [-0.1, -0.05) is 0 Å². The first-order valence-electron chi connectivity index (χ1n) is 3.40. The molecule has 0 aromatic heterocycles. The minimum absolute atomic E-state index is 0.786. The molecule has 0 aliphatic heterocycles. The summed E-state index contributed by atoms with van der Waals surface area (Å²) in [4.78, 5) is 0. The molecule has 1 N–H and O–H groups in total. The van der Waals surface area contributed by atoms with E-state index in [-0.39, 0.29) is 0 Å². The highest BCUT2D eigenvalue weighted by Gasteiger charge is 1.99. The Morgan fingerprint density at radius 2 is 1.58 bits per heavy atom. The van der Waals surface area contributed by atoms with E-state index < -0.39 is 0 Å². The topological polar surface area (TPSA) is 30.5 Å². The van der Waals surface area contributed by atoms with Crippen molar-refractivity contribution in [3.63, 3.8) is 0 Å². The Labute approximate surface area is 85.6 Å². The number of anilines is 1. The lowest BCUT2D eigenvalue weighted by Gasteiger charge is -2.06. The second kappa shape index (κ2) is 4.39. The van der Waals surface area contributed by atoms with Gasteiger partial charge in [0.15, 0.2) is 0 Å². The van der Waals surface area contributed by atoms with Crippen molar-refractivity contribution in [1.29, 1.82) is 0 Å². The van der Waals surface area contributed by atoms with Gasteiger partial charge in [0.1, 0.15) is 11.5 Å². The third kappa shape index (κ3) is 2.17. The quantitative estimate of drug-likeness (QED) is 0.681. The van der Waals surface area contributed by atoms with Crippen molar-refractivity contribution >= 4 is 28.6 Å². The van der Waals surface area contributed by atoms with E-state index in [0.717, 1.165) is 17.2 Å². The Bertz CT molecular complexity index is 210. The SMILES string of the molecule is COc1cc(NI)cc(OC)c1. The van der Waals surface area contributed by atoms with Crippen molar-refractivity contribution in [2.75, 3.05) is 17.7 Å². The van der Waals surface area contributed by atoms with Gasteiger partial charge in [-0.25, -0.2) is 0 Å². The third-order valence-corrected chi connectivity index (χ3v) is 2.08. The number of hydrogen-bond donors (Lipinski definition) is 1. The number of ether oxygens (including phenoxy) is 2. The molecule has 0 atom stereocenters. The van der Waals surface area contributed by atoms with E-state index in [4.69, 9.17) is 9.47 Å². The fourth-order valence-electron chi connectivity index (χ4n) is 0.862. The van der Waals surface area contributed by atoms with Gasteiger partial charge in [0.25, 0.3) is 0 Å². The van der Waals surface area contributed by atoms with Crippen LogP contribution in [0.15, 0.2) is 18.2 Å². The molecular weight excluding hydrogens is 269 g/mol. The zero-order valence-corrected chi connectivity index (χ0v) is 9.08. The molecule has 0 heterocycles. The molecule has 1 rings (SSSR count). The van der Waals surface area contributed by atoms with Crippen molar-refractivity contribution in [2.45, 2.75) is 0 Å². The van der Waals surface area contributed by atoms with Crippen LogP contribution in [0.3, 0.4) is 0 Å². The van der Waals surface area contributed by atoms with Gasteiger partial charge < -0.3 is 13.0 Å². The molecule has 0 aliphatic carbocycles. The van der Waals surface area contributed by atoms with Crippen molar-refractivity contribution < 1.29 is 9.47 Å². The van der Waals surface area contributed by atoms with Crippen molar-refractivity contribution in [3.8, 4) is 11.5 Å². The van der Waals surface area contributed by atoms with Crippen LogP contribution < -0.4 is 13.0 Å². The molecule has 1 aromatic carbocycles. The summed E-state index contributed by atoms with van der Waals surface area (Å²) in [5.41, 5.74) is 0.965. The lowest BCUT2D eigenvalue weighted by Crippen LogP contribution is -1.88. The highest BCUT2D eigenvalue weighted by atomic mass is 127. The van der Waals surface area contributed by atoms with Crippen LogP contribution in [-0.4, -0.2) is 14.2 Å². The first-order valence-corrected chi connectivity index (χ1v) is 4.47. The summed E-state index contributed by atoms with van der Waals surface area (Å²) in [5.74, 6) is 1.57. The molecule has 0 fully saturated rings. The van der Waals surface area contributed by atoms with E-state index in [1.807, 2.05) is 18.2 Å². The van der Waals surface area contributed by atoms with E-state index in [2.05, 4.69) is 26.4 Å². The maximum atomic E-state index is 5.08. The predicted molar refractivity (Wildman–Crippen MR) is 57.2 cm³/mol. The monoisotopic (exact) mass is 279 g/mol. The third-order valence-electron chi connectivity index (χ3n) is 1.46. The molecule has 0 bridgehead atoms. The predicted octanol–water partition coefficient (Wildman–Crippen LogP) is 2.47. The number of nitrogens with one attached hydrogen (secondary N) is 1. The van der Waals surface area contributed by atoms with Gasteiger partial charge in [-0.2, -0.15) is 0 Å². The molecule has 0 radical (unpaired) electrons. The Kier molecular flexibility index (Phi) is 3.46. The molecule has 66 valence electrons. The fraction of sp³-hybridized carbons (Fsp3) is 0.250. The van der Waals surface area contributed by atoms with Crippen LogP contribution >= 0.6 is 22.9 Å². The molecular formula is C8H10INO2. The highest BCUT2D eigenvalue weighted by molar-refractivity contribution is 14.1. The fourth-order valence-corrected chi connectivity index (χ4v) is 1.17. The molecule has 0 unspecified atom stereocenters. The van der Waals surface area contributed by atoms with E-state index >= 15 is 0 Å². The second-order valence-electron chi connectivity index (χ2n) is 2.20. The normalized spacial score (nSPS) is 9.25. The minimum atomic E-state index is 0.786. The van der Waals surface area contributed by atoms with Crippen LogP contribution in [0.25, 0.3) is 0 Å². The number of hydrogen-bond acceptors (Lipinski definition) is 3. The van der Waals surface area contributed by atoms with Crippen molar-refractivity contribution in [3.05, 3.63) is 18.2 Å². The van der Waals surface area contributed by atoms with Crippen LogP contribution in [0.5, 0.6) is 11.5 Å². The number of methoxy groups -OCH3 is 2. The largest absolute Gasteiger partial charge is 0.497 e. The van der Waals surface area contributed by atoms with Crippen molar-refractivity contribution in [2.24, 2.45) is 0 Å². The van der Waals surface area contributed by atoms with E-state index in [9.17, 15) is 0 Å². The zero-order chi connectivity index (χ0) is 8.97.